The number of aryl methyl sites for hydroxylation is 2. The van der Waals surface area contributed by atoms with Crippen LogP contribution in [0.5, 0.6) is 0 Å². The lowest BCUT2D eigenvalue weighted by Gasteiger charge is -2.11. The number of rotatable bonds is 6. The van der Waals surface area contributed by atoms with Crippen molar-refractivity contribution in [3.05, 3.63) is 45.7 Å². The van der Waals surface area contributed by atoms with E-state index in [1.54, 1.807) is 11.3 Å². The quantitative estimate of drug-likeness (QED) is 0.544. The normalized spacial score (nSPS) is 11.3. The summed E-state index contributed by atoms with van der Waals surface area (Å²) in [5.74, 6) is -0.0564. The number of halogens is 1. The van der Waals surface area contributed by atoms with E-state index in [0.29, 0.717) is 24.7 Å². The van der Waals surface area contributed by atoms with Crippen LogP contribution in [0.15, 0.2) is 29.3 Å². The first-order valence-electron chi connectivity index (χ1n) is 7.98. The molecule has 0 fully saturated rings. The summed E-state index contributed by atoms with van der Waals surface area (Å²) in [4.78, 5) is 21.8. The highest BCUT2D eigenvalue weighted by atomic mass is 32.1. The second-order valence-corrected chi connectivity index (χ2v) is 6.63. The molecule has 1 heterocycles. The largest absolute Gasteiger partial charge is 0.357 e. The van der Waals surface area contributed by atoms with Crippen molar-refractivity contribution in [3.63, 3.8) is 0 Å². The van der Waals surface area contributed by atoms with Crippen LogP contribution in [0.25, 0.3) is 0 Å². The molecule has 0 saturated heterocycles. The number of nitrogens with one attached hydrogen (secondary N) is 3. The van der Waals surface area contributed by atoms with Gasteiger partial charge in [-0.2, -0.15) is 0 Å². The van der Waals surface area contributed by atoms with Crippen molar-refractivity contribution < 1.29 is 9.18 Å². The van der Waals surface area contributed by atoms with Gasteiger partial charge < -0.3 is 16.0 Å². The van der Waals surface area contributed by atoms with E-state index < -0.39 is 0 Å². The van der Waals surface area contributed by atoms with E-state index in [1.165, 1.54) is 24.3 Å². The highest BCUT2D eigenvalue weighted by Gasteiger charge is 2.07. The molecule has 3 N–H and O–H groups in total. The second kappa shape index (κ2) is 9.12. The Hall–Kier alpha value is -2.48. The fourth-order valence-electron chi connectivity index (χ4n) is 2.13. The Balaban J connectivity index is 1.90. The van der Waals surface area contributed by atoms with E-state index >= 15 is 0 Å². The molecule has 6 nitrogen and oxygen atoms in total. The first-order valence-corrected chi connectivity index (χ1v) is 8.80. The van der Waals surface area contributed by atoms with Crippen molar-refractivity contribution in [2.24, 2.45) is 4.99 Å². The average molecular weight is 363 g/mol. The third-order valence-corrected chi connectivity index (χ3v) is 4.34. The lowest BCUT2D eigenvalue weighted by atomic mass is 10.3. The number of anilines is 1. The Morgan fingerprint density at radius 1 is 1.24 bits per heavy atom. The van der Waals surface area contributed by atoms with E-state index in [-0.39, 0.29) is 18.3 Å². The van der Waals surface area contributed by atoms with Gasteiger partial charge in [0.25, 0.3) is 0 Å². The Bertz CT molecular complexity index is 742. The topological polar surface area (TPSA) is 78.4 Å². The molecule has 0 aliphatic carbocycles. The first kappa shape index (κ1) is 18.9. The number of carbonyl (C=O) groups excluding carboxylic acids is 1. The zero-order chi connectivity index (χ0) is 18.2. The molecular weight excluding hydrogens is 341 g/mol. The van der Waals surface area contributed by atoms with Crippen molar-refractivity contribution in [3.8, 4) is 0 Å². The molecule has 2 aromatic rings. The number of benzene rings is 1. The van der Waals surface area contributed by atoms with Crippen LogP contribution in [0, 0.1) is 19.7 Å². The van der Waals surface area contributed by atoms with Gasteiger partial charge in [-0.15, -0.1) is 11.3 Å². The van der Waals surface area contributed by atoms with Gasteiger partial charge >= 0.3 is 0 Å². The molecule has 1 aromatic heterocycles. The molecule has 0 bridgehead atoms. The number of amides is 1. The van der Waals surface area contributed by atoms with Gasteiger partial charge in [-0.3, -0.25) is 4.79 Å². The fourth-order valence-corrected chi connectivity index (χ4v) is 3.00. The minimum Gasteiger partial charge on any atom is -0.357 e. The summed E-state index contributed by atoms with van der Waals surface area (Å²) in [6.07, 6.45) is 0. The molecule has 25 heavy (non-hydrogen) atoms. The molecule has 0 aliphatic heterocycles. The van der Waals surface area contributed by atoms with E-state index in [2.05, 4.69) is 25.9 Å². The number of carbonyl (C=O) groups is 1. The summed E-state index contributed by atoms with van der Waals surface area (Å²) in [5.41, 5.74) is 1.54. The summed E-state index contributed by atoms with van der Waals surface area (Å²) >= 11 is 1.64. The van der Waals surface area contributed by atoms with Crippen molar-refractivity contribution in [2.45, 2.75) is 27.3 Å². The van der Waals surface area contributed by atoms with Crippen molar-refractivity contribution >= 4 is 28.9 Å². The number of guanidine groups is 1. The van der Waals surface area contributed by atoms with E-state index in [9.17, 15) is 9.18 Å². The molecule has 1 aromatic carbocycles. The Kier molecular flexibility index (Phi) is 6.88. The minimum atomic E-state index is -0.344. The van der Waals surface area contributed by atoms with Crippen LogP contribution >= 0.6 is 11.3 Å². The summed E-state index contributed by atoms with van der Waals surface area (Å²) < 4.78 is 12.9. The van der Waals surface area contributed by atoms with Crippen molar-refractivity contribution in [2.75, 3.05) is 18.4 Å². The number of thiazole rings is 1. The van der Waals surface area contributed by atoms with Gasteiger partial charge in [-0.25, -0.2) is 14.4 Å². The van der Waals surface area contributed by atoms with Crippen LogP contribution in [-0.2, 0) is 11.3 Å². The monoisotopic (exact) mass is 363 g/mol. The fraction of sp³-hybridized carbons (Fsp3) is 0.353. The van der Waals surface area contributed by atoms with E-state index in [0.717, 1.165) is 15.6 Å². The predicted octanol–water partition coefficient (Wildman–Crippen LogP) is 2.59. The summed E-state index contributed by atoms with van der Waals surface area (Å²) in [6, 6.07) is 5.61. The number of hydrogen-bond acceptors (Lipinski definition) is 4. The van der Waals surface area contributed by atoms with Crippen LogP contribution in [0.2, 0.25) is 0 Å². The van der Waals surface area contributed by atoms with Gasteiger partial charge in [0.05, 0.1) is 17.2 Å². The first-order chi connectivity index (χ1) is 12.0. The molecule has 0 spiro atoms. The maximum absolute atomic E-state index is 12.9. The SMILES string of the molecule is CCNC(=NCC(=O)Nc1ccc(F)cc1)NCc1sc(C)nc1C. The highest BCUT2D eigenvalue weighted by Crippen LogP contribution is 2.16. The standard InChI is InChI=1S/C17H22FN5OS/c1-4-19-17(20-9-15-11(2)22-12(3)25-15)21-10-16(24)23-14-7-5-13(18)6-8-14/h5-8H,4,9-10H2,1-3H3,(H,23,24)(H2,19,20,21). The molecule has 2 rings (SSSR count). The number of aromatic nitrogens is 1. The zero-order valence-corrected chi connectivity index (χ0v) is 15.3. The molecule has 0 atom stereocenters. The number of nitrogens with zero attached hydrogens (tertiary/aromatic N) is 2. The van der Waals surface area contributed by atoms with Crippen molar-refractivity contribution in [1.82, 2.24) is 15.6 Å². The summed E-state index contributed by atoms with van der Waals surface area (Å²) in [6.45, 7) is 7.15. The van der Waals surface area contributed by atoms with Crippen LogP contribution in [0.1, 0.15) is 22.5 Å². The van der Waals surface area contributed by atoms with Crippen molar-refractivity contribution in [1.29, 1.82) is 0 Å². The smallest absolute Gasteiger partial charge is 0.246 e. The average Bonchev–Trinajstić information content (AvgIpc) is 2.90. The Morgan fingerprint density at radius 3 is 2.56 bits per heavy atom. The van der Waals surface area contributed by atoms with Crippen LogP contribution in [-0.4, -0.2) is 29.9 Å². The zero-order valence-electron chi connectivity index (χ0n) is 14.5. The van der Waals surface area contributed by atoms with Gasteiger partial charge in [0.15, 0.2) is 5.96 Å². The maximum Gasteiger partial charge on any atom is 0.246 e. The molecule has 8 heteroatoms. The molecule has 134 valence electrons. The van der Waals surface area contributed by atoms with Gasteiger partial charge in [0.2, 0.25) is 5.91 Å². The number of hydrogen-bond donors (Lipinski definition) is 3. The molecule has 1 amide bonds. The van der Waals surface area contributed by atoms with Crippen LogP contribution in [0.4, 0.5) is 10.1 Å². The lowest BCUT2D eigenvalue weighted by molar-refractivity contribution is -0.114. The summed E-state index contributed by atoms with van der Waals surface area (Å²) in [7, 11) is 0. The number of aliphatic imine (C=N–C) groups is 1. The lowest BCUT2D eigenvalue weighted by Crippen LogP contribution is -2.37. The third-order valence-electron chi connectivity index (χ3n) is 3.27. The highest BCUT2D eigenvalue weighted by molar-refractivity contribution is 7.11. The third kappa shape index (κ3) is 6.15. The maximum atomic E-state index is 12.9. The van der Waals surface area contributed by atoms with Crippen LogP contribution in [0.3, 0.4) is 0 Å². The molecule has 0 unspecified atom stereocenters. The van der Waals surface area contributed by atoms with Crippen LogP contribution < -0.4 is 16.0 Å². The molecule has 0 saturated carbocycles. The molecular formula is C17H22FN5OS. The molecule has 0 radical (unpaired) electrons. The van der Waals surface area contributed by atoms with Gasteiger partial charge in [0.1, 0.15) is 12.4 Å². The van der Waals surface area contributed by atoms with Gasteiger partial charge in [-0.1, -0.05) is 0 Å². The van der Waals surface area contributed by atoms with Gasteiger partial charge in [-0.05, 0) is 45.0 Å². The predicted molar refractivity (Wildman–Crippen MR) is 99.4 cm³/mol. The second-order valence-electron chi connectivity index (χ2n) is 5.35. The Labute approximate surface area is 150 Å². The summed E-state index contributed by atoms with van der Waals surface area (Å²) in [5, 5.41) is 10.00. The molecule has 0 aliphatic rings. The van der Waals surface area contributed by atoms with E-state index in [1.807, 2.05) is 20.8 Å². The van der Waals surface area contributed by atoms with Gasteiger partial charge in [0, 0.05) is 17.1 Å². The Morgan fingerprint density at radius 2 is 1.96 bits per heavy atom. The van der Waals surface area contributed by atoms with E-state index in [4.69, 9.17) is 0 Å². The minimum absolute atomic E-state index is 0.0343.